The molecule has 0 spiro atoms. The van der Waals surface area contributed by atoms with Crippen molar-refractivity contribution in [1.82, 2.24) is 9.88 Å². The molecule has 0 radical (unpaired) electrons. The van der Waals surface area contributed by atoms with Crippen LogP contribution in [0.4, 0.5) is 20.4 Å². The molecule has 21 heavy (non-hydrogen) atoms. The number of hydrogen-bond acceptors (Lipinski definition) is 5. The molecule has 2 heterocycles. The number of aromatic nitrogens is 1. The van der Waals surface area contributed by atoms with Gasteiger partial charge in [-0.25, -0.2) is 19.6 Å². The lowest BCUT2D eigenvalue weighted by atomic mass is 10.1. The van der Waals surface area contributed by atoms with Gasteiger partial charge in [0.05, 0.1) is 0 Å². The van der Waals surface area contributed by atoms with Gasteiger partial charge in [0.15, 0.2) is 23.3 Å². The van der Waals surface area contributed by atoms with Gasteiger partial charge in [0.1, 0.15) is 6.04 Å². The molecule has 8 heteroatoms. The van der Waals surface area contributed by atoms with Gasteiger partial charge in [-0.2, -0.15) is 0 Å². The molecule has 0 saturated carbocycles. The third-order valence-corrected chi connectivity index (χ3v) is 3.46. The molecule has 1 aromatic rings. The van der Waals surface area contributed by atoms with E-state index in [1.807, 2.05) is 5.43 Å². The van der Waals surface area contributed by atoms with E-state index in [2.05, 4.69) is 10.3 Å². The number of amides is 1. The lowest BCUT2D eigenvalue weighted by Crippen LogP contribution is -2.44. The summed E-state index contributed by atoms with van der Waals surface area (Å²) in [6.07, 6.45) is 3.07. The number of halogens is 2. The maximum atomic E-state index is 13.7. The Balaban J connectivity index is 2.08. The maximum absolute atomic E-state index is 13.7. The van der Waals surface area contributed by atoms with Crippen molar-refractivity contribution in [3.8, 4) is 0 Å². The number of nitrogens with two attached hydrogens (primary N) is 1. The highest BCUT2D eigenvalue weighted by atomic mass is 19.1. The number of hydrogen-bond donors (Lipinski definition) is 3. The van der Waals surface area contributed by atoms with Gasteiger partial charge in [-0.05, 0) is 26.2 Å². The number of hydrazine groups is 1. The van der Waals surface area contributed by atoms with Crippen molar-refractivity contribution < 1.29 is 13.6 Å². The predicted molar refractivity (Wildman–Crippen MR) is 75.5 cm³/mol. The molecule has 1 unspecified atom stereocenters. The standard InChI is InChI=1S/C13H19F2N5O/c1-8(13(21)20-5-3-2-4-6-20)17-11-9(14)7-10(15)12(18-11)19-16/h7-8H,2-6,16H2,1H3,(H2,17,18,19). The maximum Gasteiger partial charge on any atom is 0.244 e. The smallest absolute Gasteiger partial charge is 0.244 e. The van der Waals surface area contributed by atoms with Crippen molar-refractivity contribution in [2.75, 3.05) is 23.8 Å². The minimum Gasteiger partial charge on any atom is -0.356 e. The quantitative estimate of drug-likeness (QED) is 0.579. The van der Waals surface area contributed by atoms with E-state index in [0.29, 0.717) is 19.2 Å². The van der Waals surface area contributed by atoms with Crippen LogP contribution in [0.3, 0.4) is 0 Å². The van der Waals surface area contributed by atoms with Crippen molar-refractivity contribution in [3.63, 3.8) is 0 Å². The number of nitrogen functional groups attached to an aromatic ring is 1. The van der Waals surface area contributed by atoms with Crippen LogP contribution < -0.4 is 16.6 Å². The van der Waals surface area contributed by atoms with E-state index in [9.17, 15) is 13.6 Å². The number of rotatable bonds is 4. The van der Waals surface area contributed by atoms with Crippen molar-refractivity contribution in [1.29, 1.82) is 0 Å². The summed E-state index contributed by atoms with van der Waals surface area (Å²) < 4.78 is 26.9. The SMILES string of the molecule is CC(Nc1nc(NN)c(F)cc1F)C(=O)N1CCCCC1. The van der Waals surface area contributed by atoms with E-state index in [-0.39, 0.29) is 17.5 Å². The summed E-state index contributed by atoms with van der Waals surface area (Å²) in [5.41, 5.74) is 2.04. The lowest BCUT2D eigenvalue weighted by molar-refractivity contribution is -0.132. The molecular weight excluding hydrogens is 280 g/mol. The first-order valence-electron chi connectivity index (χ1n) is 6.91. The molecule has 4 N–H and O–H groups in total. The normalized spacial score (nSPS) is 16.5. The van der Waals surface area contributed by atoms with Crippen LogP contribution in [0.1, 0.15) is 26.2 Å². The molecule has 1 amide bonds. The molecule has 6 nitrogen and oxygen atoms in total. The highest BCUT2D eigenvalue weighted by molar-refractivity contribution is 5.84. The van der Waals surface area contributed by atoms with Crippen molar-refractivity contribution in [3.05, 3.63) is 17.7 Å². The number of carbonyl (C=O) groups is 1. The van der Waals surface area contributed by atoms with E-state index >= 15 is 0 Å². The van der Waals surface area contributed by atoms with Crippen molar-refractivity contribution in [2.24, 2.45) is 5.84 Å². The average Bonchev–Trinajstić information content (AvgIpc) is 2.50. The molecule has 0 aromatic carbocycles. The van der Waals surface area contributed by atoms with Gasteiger partial charge in [0.2, 0.25) is 5.91 Å². The Morgan fingerprint density at radius 2 is 1.90 bits per heavy atom. The highest BCUT2D eigenvalue weighted by Gasteiger charge is 2.23. The number of nitrogens with one attached hydrogen (secondary N) is 2. The van der Waals surface area contributed by atoms with Crippen LogP contribution in [0.25, 0.3) is 0 Å². The predicted octanol–water partition coefficient (Wildman–Crippen LogP) is 1.46. The summed E-state index contributed by atoms with van der Waals surface area (Å²) >= 11 is 0. The van der Waals surface area contributed by atoms with Gasteiger partial charge in [0, 0.05) is 19.2 Å². The van der Waals surface area contributed by atoms with E-state index < -0.39 is 17.7 Å². The van der Waals surface area contributed by atoms with Crippen LogP contribution >= 0.6 is 0 Å². The number of carbonyl (C=O) groups excluding carboxylic acids is 1. The minimum absolute atomic E-state index is 0.123. The minimum atomic E-state index is -0.893. The van der Waals surface area contributed by atoms with Crippen LogP contribution in [-0.4, -0.2) is 34.9 Å². The Hall–Kier alpha value is -1.96. The van der Waals surface area contributed by atoms with E-state index in [1.165, 1.54) is 0 Å². The zero-order valence-corrected chi connectivity index (χ0v) is 11.8. The molecule has 0 aliphatic carbocycles. The van der Waals surface area contributed by atoms with Gasteiger partial charge in [-0.3, -0.25) is 4.79 Å². The second kappa shape index (κ2) is 6.66. The Labute approximate surface area is 121 Å². The van der Waals surface area contributed by atoms with Gasteiger partial charge in [0.25, 0.3) is 0 Å². The van der Waals surface area contributed by atoms with E-state index in [4.69, 9.17) is 5.84 Å². The fourth-order valence-electron chi connectivity index (χ4n) is 2.32. The van der Waals surface area contributed by atoms with Gasteiger partial charge >= 0.3 is 0 Å². The fourth-order valence-corrected chi connectivity index (χ4v) is 2.32. The highest BCUT2D eigenvalue weighted by Crippen LogP contribution is 2.19. The molecule has 1 saturated heterocycles. The molecule has 116 valence electrons. The topological polar surface area (TPSA) is 83.3 Å². The number of piperidine rings is 1. The van der Waals surface area contributed by atoms with Gasteiger partial charge < -0.3 is 15.6 Å². The number of anilines is 2. The molecule has 1 aliphatic rings. The van der Waals surface area contributed by atoms with Crippen LogP contribution in [0.5, 0.6) is 0 Å². The van der Waals surface area contributed by atoms with Crippen molar-refractivity contribution >= 4 is 17.5 Å². The summed E-state index contributed by atoms with van der Waals surface area (Å²) in [4.78, 5) is 17.7. The largest absolute Gasteiger partial charge is 0.356 e. The zero-order valence-electron chi connectivity index (χ0n) is 11.8. The molecule has 1 aliphatic heterocycles. The third kappa shape index (κ3) is 3.57. The first-order valence-corrected chi connectivity index (χ1v) is 6.91. The zero-order chi connectivity index (χ0) is 15.4. The Morgan fingerprint density at radius 1 is 1.29 bits per heavy atom. The summed E-state index contributed by atoms with van der Waals surface area (Å²) in [7, 11) is 0. The summed E-state index contributed by atoms with van der Waals surface area (Å²) in [5.74, 6) is 2.73. The van der Waals surface area contributed by atoms with Gasteiger partial charge in [-0.1, -0.05) is 0 Å². The van der Waals surface area contributed by atoms with Crippen LogP contribution in [0.2, 0.25) is 0 Å². The Bertz CT molecular complexity index is 520. The summed E-state index contributed by atoms with van der Waals surface area (Å²) in [6, 6.07) is 0.0176. The third-order valence-electron chi connectivity index (χ3n) is 3.46. The molecule has 1 fully saturated rings. The average molecular weight is 299 g/mol. The number of pyridine rings is 1. The summed E-state index contributed by atoms with van der Waals surface area (Å²) in [6.45, 7) is 3.04. The fraction of sp³-hybridized carbons (Fsp3) is 0.538. The van der Waals surface area contributed by atoms with Crippen LogP contribution in [0, 0.1) is 11.6 Å². The molecule has 1 atom stereocenters. The Morgan fingerprint density at radius 3 is 2.52 bits per heavy atom. The van der Waals surface area contributed by atoms with Gasteiger partial charge in [-0.15, -0.1) is 0 Å². The summed E-state index contributed by atoms with van der Waals surface area (Å²) in [5, 5.41) is 2.67. The number of likely N-dealkylation sites (tertiary alicyclic amines) is 1. The first-order chi connectivity index (χ1) is 10.0. The number of nitrogens with zero attached hydrogens (tertiary/aromatic N) is 2. The molecular formula is C13H19F2N5O. The monoisotopic (exact) mass is 299 g/mol. The second-order valence-electron chi connectivity index (χ2n) is 5.05. The molecule has 0 bridgehead atoms. The van der Waals surface area contributed by atoms with Crippen LogP contribution in [0.15, 0.2) is 6.07 Å². The van der Waals surface area contributed by atoms with E-state index in [1.54, 1.807) is 11.8 Å². The lowest BCUT2D eigenvalue weighted by Gasteiger charge is -2.29. The molecule has 2 rings (SSSR count). The van der Waals surface area contributed by atoms with E-state index in [0.717, 1.165) is 19.3 Å². The van der Waals surface area contributed by atoms with Crippen LogP contribution in [-0.2, 0) is 4.79 Å². The first kappa shape index (κ1) is 15.4. The van der Waals surface area contributed by atoms with Crippen molar-refractivity contribution in [2.45, 2.75) is 32.2 Å². The second-order valence-corrected chi connectivity index (χ2v) is 5.05. The molecule has 1 aromatic heterocycles. The Kier molecular flexibility index (Phi) is 4.89.